The summed E-state index contributed by atoms with van der Waals surface area (Å²) < 4.78 is 11.5. The van der Waals surface area contributed by atoms with Gasteiger partial charge in [-0.25, -0.2) is 0 Å². The van der Waals surface area contributed by atoms with Gasteiger partial charge < -0.3 is 20.1 Å². The summed E-state index contributed by atoms with van der Waals surface area (Å²) in [4.78, 5) is 24.4. The lowest BCUT2D eigenvalue weighted by Crippen LogP contribution is -2.31. The molecule has 2 heterocycles. The molecule has 3 rings (SSSR count). The Hall–Kier alpha value is -2.54. The first-order valence-corrected chi connectivity index (χ1v) is 9.83. The van der Waals surface area contributed by atoms with E-state index in [1.807, 2.05) is 18.2 Å². The van der Waals surface area contributed by atoms with Crippen LogP contribution in [0.3, 0.4) is 0 Å². The molecule has 7 heteroatoms. The second kappa shape index (κ2) is 8.43. The number of amides is 2. The van der Waals surface area contributed by atoms with Crippen molar-refractivity contribution in [1.29, 1.82) is 0 Å². The highest BCUT2D eigenvalue weighted by atomic mass is 32.1. The maximum atomic E-state index is 12.7. The van der Waals surface area contributed by atoms with E-state index in [2.05, 4.69) is 24.5 Å². The van der Waals surface area contributed by atoms with E-state index in [0.717, 1.165) is 17.7 Å². The second-order valence-electron chi connectivity index (χ2n) is 6.80. The summed E-state index contributed by atoms with van der Waals surface area (Å²) in [5, 5.41) is 6.45. The number of nitrogens with one attached hydrogen (secondary N) is 2. The molecular formula is C20H24N2O4S. The smallest absolute Gasteiger partial charge is 0.261 e. The quantitative estimate of drug-likeness (QED) is 0.812. The fourth-order valence-corrected chi connectivity index (χ4v) is 3.78. The summed E-state index contributed by atoms with van der Waals surface area (Å²) in [5.41, 5.74) is 0.973. The number of carbonyl (C=O) groups is 2. The number of thiophene rings is 1. The monoisotopic (exact) mass is 388 g/mol. The van der Waals surface area contributed by atoms with Crippen molar-refractivity contribution in [1.82, 2.24) is 5.32 Å². The largest absolute Gasteiger partial charge is 0.490 e. The van der Waals surface area contributed by atoms with Gasteiger partial charge in [0.2, 0.25) is 5.91 Å². The predicted octanol–water partition coefficient (Wildman–Crippen LogP) is 3.99. The molecule has 1 aromatic heterocycles. The number of benzene rings is 1. The lowest BCUT2D eigenvalue weighted by Gasteiger charge is -2.23. The SMILES string of the molecule is CC(=O)Nc1ccc(C(=O)N[C@@H](c2ccc3c(c2)OCCCO3)C(C)C)s1. The van der Waals surface area contributed by atoms with Gasteiger partial charge in [-0.2, -0.15) is 0 Å². The van der Waals surface area contributed by atoms with Crippen molar-refractivity contribution in [2.45, 2.75) is 33.2 Å². The molecule has 2 aromatic rings. The van der Waals surface area contributed by atoms with Crippen LogP contribution in [0.25, 0.3) is 0 Å². The van der Waals surface area contributed by atoms with Gasteiger partial charge in [0.05, 0.1) is 29.1 Å². The Kier molecular flexibility index (Phi) is 6.01. The van der Waals surface area contributed by atoms with E-state index in [1.165, 1.54) is 18.3 Å². The summed E-state index contributed by atoms with van der Waals surface area (Å²) in [6.07, 6.45) is 0.851. The van der Waals surface area contributed by atoms with E-state index < -0.39 is 0 Å². The molecule has 1 aliphatic rings. The summed E-state index contributed by atoms with van der Waals surface area (Å²) in [5.74, 6) is 1.32. The Morgan fingerprint density at radius 2 is 1.81 bits per heavy atom. The van der Waals surface area contributed by atoms with Gasteiger partial charge in [-0.1, -0.05) is 19.9 Å². The first kappa shape index (κ1) is 19.2. The second-order valence-corrected chi connectivity index (χ2v) is 7.88. The van der Waals surface area contributed by atoms with Crippen LogP contribution in [-0.4, -0.2) is 25.0 Å². The molecule has 0 saturated carbocycles. The Labute approximate surface area is 162 Å². The predicted molar refractivity (Wildman–Crippen MR) is 106 cm³/mol. The third-order valence-electron chi connectivity index (χ3n) is 4.21. The maximum absolute atomic E-state index is 12.7. The molecule has 6 nitrogen and oxygen atoms in total. The molecule has 2 N–H and O–H groups in total. The van der Waals surface area contributed by atoms with Crippen LogP contribution < -0.4 is 20.1 Å². The van der Waals surface area contributed by atoms with Gasteiger partial charge >= 0.3 is 0 Å². The van der Waals surface area contributed by atoms with Crippen LogP contribution in [0.1, 0.15) is 48.5 Å². The minimum absolute atomic E-state index is 0.156. The molecule has 144 valence electrons. The number of anilines is 1. The van der Waals surface area contributed by atoms with Crippen molar-refractivity contribution < 1.29 is 19.1 Å². The number of carbonyl (C=O) groups excluding carboxylic acids is 2. The molecule has 27 heavy (non-hydrogen) atoms. The third kappa shape index (κ3) is 4.80. The Bertz CT molecular complexity index is 831. The van der Waals surface area contributed by atoms with Crippen LogP contribution in [0.2, 0.25) is 0 Å². The van der Waals surface area contributed by atoms with Gasteiger partial charge in [0.25, 0.3) is 5.91 Å². The van der Waals surface area contributed by atoms with Crippen LogP contribution in [0.15, 0.2) is 30.3 Å². The van der Waals surface area contributed by atoms with Crippen molar-refractivity contribution in [2.75, 3.05) is 18.5 Å². The van der Waals surface area contributed by atoms with E-state index >= 15 is 0 Å². The molecule has 0 spiro atoms. The minimum atomic E-state index is -0.166. The van der Waals surface area contributed by atoms with E-state index in [9.17, 15) is 9.59 Å². The van der Waals surface area contributed by atoms with Crippen LogP contribution in [0, 0.1) is 5.92 Å². The van der Waals surface area contributed by atoms with Crippen molar-refractivity contribution in [3.63, 3.8) is 0 Å². The first-order chi connectivity index (χ1) is 12.9. The number of hydrogen-bond acceptors (Lipinski definition) is 5. The van der Waals surface area contributed by atoms with Crippen molar-refractivity contribution in [3.05, 3.63) is 40.8 Å². The van der Waals surface area contributed by atoms with Crippen molar-refractivity contribution in [2.24, 2.45) is 5.92 Å². The average molecular weight is 388 g/mol. The lowest BCUT2D eigenvalue weighted by molar-refractivity contribution is -0.114. The topological polar surface area (TPSA) is 76.7 Å². The molecule has 0 fully saturated rings. The summed E-state index contributed by atoms with van der Waals surface area (Å²) >= 11 is 1.26. The Morgan fingerprint density at radius 1 is 1.07 bits per heavy atom. The van der Waals surface area contributed by atoms with E-state index in [-0.39, 0.29) is 23.8 Å². The lowest BCUT2D eigenvalue weighted by atomic mass is 9.95. The fraction of sp³-hybridized carbons (Fsp3) is 0.400. The molecule has 0 radical (unpaired) electrons. The zero-order valence-corrected chi connectivity index (χ0v) is 16.5. The highest BCUT2D eigenvalue weighted by Crippen LogP contribution is 2.34. The molecular weight excluding hydrogens is 364 g/mol. The van der Waals surface area contributed by atoms with Crippen LogP contribution in [-0.2, 0) is 4.79 Å². The Balaban J connectivity index is 1.78. The highest BCUT2D eigenvalue weighted by Gasteiger charge is 2.22. The van der Waals surface area contributed by atoms with E-state index in [0.29, 0.717) is 28.8 Å². The number of ether oxygens (including phenoxy) is 2. The van der Waals surface area contributed by atoms with Crippen molar-refractivity contribution >= 4 is 28.2 Å². The summed E-state index contributed by atoms with van der Waals surface area (Å²) in [6.45, 7) is 6.83. The van der Waals surface area contributed by atoms with E-state index in [4.69, 9.17) is 9.47 Å². The van der Waals surface area contributed by atoms with Crippen molar-refractivity contribution in [3.8, 4) is 11.5 Å². The summed E-state index contributed by atoms with van der Waals surface area (Å²) in [7, 11) is 0. The van der Waals surface area contributed by atoms with Crippen LogP contribution >= 0.6 is 11.3 Å². The normalized spacial score (nSPS) is 14.4. The molecule has 1 aromatic carbocycles. The molecule has 1 aliphatic heterocycles. The highest BCUT2D eigenvalue weighted by molar-refractivity contribution is 7.18. The zero-order valence-electron chi connectivity index (χ0n) is 15.7. The van der Waals surface area contributed by atoms with E-state index in [1.54, 1.807) is 12.1 Å². The van der Waals surface area contributed by atoms with Gasteiger partial charge in [0.15, 0.2) is 11.5 Å². The maximum Gasteiger partial charge on any atom is 0.261 e. The summed E-state index contributed by atoms with van der Waals surface area (Å²) in [6, 6.07) is 9.10. The molecule has 0 unspecified atom stereocenters. The minimum Gasteiger partial charge on any atom is -0.490 e. The van der Waals surface area contributed by atoms with Crippen LogP contribution in [0.4, 0.5) is 5.00 Å². The van der Waals surface area contributed by atoms with Gasteiger partial charge in [-0.15, -0.1) is 11.3 Å². The zero-order chi connectivity index (χ0) is 19.4. The van der Waals surface area contributed by atoms with Gasteiger partial charge in [0.1, 0.15) is 0 Å². The van der Waals surface area contributed by atoms with Crippen LogP contribution in [0.5, 0.6) is 11.5 Å². The molecule has 0 bridgehead atoms. The molecule has 1 atom stereocenters. The third-order valence-corrected chi connectivity index (χ3v) is 5.21. The number of rotatable bonds is 5. The Morgan fingerprint density at radius 3 is 2.52 bits per heavy atom. The molecule has 0 saturated heterocycles. The number of hydrogen-bond donors (Lipinski definition) is 2. The standard InChI is InChI=1S/C20H24N2O4S/c1-12(2)19(14-5-6-15-16(11-14)26-10-4-9-25-15)22-20(24)17-7-8-18(27-17)21-13(3)23/h5-8,11-12,19H,4,9-10H2,1-3H3,(H,21,23)(H,22,24)/t19-/m1/s1. The van der Waals surface area contributed by atoms with Gasteiger partial charge in [-0.3, -0.25) is 9.59 Å². The average Bonchev–Trinajstić information content (AvgIpc) is 2.95. The molecule has 0 aliphatic carbocycles. The molecule has 2 amide bonds. The number of fused-ring (bicyclic) bond motifs is 1. The van der Waals surface area contributed by atoms with Gasteiger partial charge in [0, 0.05) is 13.3 Å². The fourth-order valence-electron chi connectivity index (χ4n) is 2.92. The van der Waals surface area contributed by atoms with Gasteiger partial charge in [-0.05, 0) is 35.7 Å². The first-order valence-electron chi connectivity index (χ1n) is 9.02.